The molecule has 14 heteroatoms. The van der Waals surface area contributed by atoms with E-state index in [1.807, 2.05) is 26.8 Å². The van der Waals surface area contributed by atoms with Gasteiger partial charge in [0.2, 0.25) is 0 Å². The number of ether oxygens (including phenoxy) is 1. The highest BCUT2D eigenvalue weighted by molar-refractivity contribution is 7.81. The second-order valence-electron chi connectivity index (χ2n) is 14.9. The van der Waals surface area contributed by atoms with Crippen molar-refractivity contribution in [2.24, 2.45) is 0 Å². The molecule has 1 saturated carbocycles. The monoisotopic (exact) mass is 697 g/mol. The zero-order chi connectivity index (χ0) is 35.1. The first kappa shape index (κ1) is 38.4. The summed E-state index contributed by atoms with van der Waals surface area (Å²) < 4.78 is 49.5. The molecule has 1 aromatic heterocycles. The fourth-order valence-corrected chi connectivity index (χ4v) is 8.10. The number of hydrogen-bond donors (Lipinski definition) is 1. The number of carbonyl (C=O) groups is 2. The van der Waals surface area contributed by atoms with Crippen LogP contribution in [0.3, 0.4) is 0 Å². The van der Waals surface area contributed by atoms with E-state index in [1.54, 1.807) is 9.96 Å². The number of piperidine rings is 1. The maximum absolute atomic E-state index is 13.6. The number of hydroxylamine groups is 4. The van der Waals surface area contributed by atoms with Crippen LogP contribution >= 0.6 is 0 Å². The van der Waals surface area contributed by atoms with Gasteiger partial charge in [0.25, 0.3) is 0 Å². The van der Waals surface area contributed by atoms with Gasteiger partial charge in [-0.15, -0.1) is 4.28 Å². The Balaban J connectivity index is 1.40. The zero-order valence-electron chi connectivity index (χ0n) is 30.2. The number of alkyl carbamates (subject to hydrolysis) is 1. The number of unbranched alkanes of at least 4 members (excludes halogenated alkanes) is 3. The fourth-order valence-electron chi connectivity index (χ4n) is 7.24. The van der Waals surface area contributed by atoms with Gasteiger partial charge in [-0.2, -0.15) is 22.8 Å². The van der Waals surface area contributed by atoms with Crippen LogP contribution < -0.4 is 5.32 Å². The van der Waals surface area contributed by atoms with E-state index >= 15 is 0 Å². The molecular weight excluding hydrogens is 638 g/mol. The SMILES string of the molecule is CCCCN(OS(=O)(=O)ON1C(=O)N2C[C@@H]1CC[C@H]2c1cc([C@H]2C[C@@H](NC(=O)OC(C)(C)C)C2)on1)C(CCC)(CCCC)CCCC. The first-order chi connectivity index (χ1) is 22.7. The van der Waals surface area contributed by atoms with E-state index in [0.717, 1.165) is 69.3 Å². The van der Waals surface area contributed by atoms with Crippen molar-refractivity contribution in [3.05, 3.63) is 17.5 Å². The van der Waals surface area contributed by atoms with Gasteiger partial charge < -0.3 is 19.5 Å². The van der Waals surface area contributed by atoms with Crippen molar-refractivity contribution in [1.82, 2.24) is 25.5 Å². The zero-order valence-corrected chi connectivity index (χ0v) is 31.0. The van der Waals surface area contributed by atoms with Gasteiger partial charge >= 0.3 is 22.5 Å². The molecule has 0 spiro atoms. The summed E-state index contributed by atoms with van der Waals surface area (Å²) in [4.78, 5) is 27.3. The highest BCUT2D eigenvalue weighted by Crippen LogP contribution is 2.42. The molecule has 0 unspecified atom stereocenters. The molecule has 1 aromatic rings. The number of nitrogens with zero attached hydrogens (tertiary/aromatic N) is 4. The van der Waals surface area contributed by atoms with Crippen molar-refractivity contribution in [2.75, 3.05) is 13.1 Å². The third kappa shape index (κ3) is 9.63. The maximum atomic E-state index is 13.6. The molecule has 274 valence electrons. The minimum atomic E-state index is -4.60. The van der Waals surface area contributed by atoms with Crippen molar-refractivity contribution >= 4 is 22.5 Å². The minimum Gasteiger partial charge on any atom is -0.444 e. The molecule has 3 fully saturated rings. The molecule has 0 radical (unpaired) electrons. The molecule has 3 amide bonds. The lowest BCUT2D eigenvalue weighted by atomic mass is 9.78. The van der Waals surface area contributed by atoms with Crippen molar-refractivity contribution in [3.8, 4) is 0 Å². The highest BCUT2D eigenvalue weighted by atomic mass is 32.3. The number of aromatic nitrogens is 1. The van der Waals surface area contributed by atoms with Crippen LogP contribution in [0.15, 0.2) is 10.6 Å². The van der Waals surface area contributed by atoms with Gasteiger partial charge in [-0.1, -0.05) is 71.4 Å². The molecule has 3 heterocycles. The van der Waals surface area contributed by atoms with E-state index in [2.05, 4.69) is 38.2 Å². The Kier molecular flexibility index (Phi) is 13.2. The molecule has 2 saturated heterocycles. The predicted molar refractivity (Wildman–Crippen MR) is 181 cm³/mol. The molecule has 4 rings (SSSR count). The van der Waals surface area contributed by atoms with Crippen molar-refractivity contribution in [2.45, 2.75) is 174 Å². The number of urea groups is 1. The van der Waals surface area contributed by atoms with Gasteiger partial charge in [0.15, 0.2) is 0 Å². The van der Waals surface area contributed by atoms with E-state index in [4.69, 9.17) is 17.8 Å². The van der Waals surface area contributed by atoms with Crippen LogP contribution in [-0.4, -0.2) is 77.0 Å². The summed E-state index contributed by atoms with van der Waals surface area (Å²) in [7, 11) is -4.60. The average molecular weight is 698 g/mol. The van der Waals surface area contributed by atoms with Crippen molar-refractivity contribution in [3.63, 3.8) is 0 Å². The van der Waals surface area contributed by atoms with Gasteiger partial charge in [-0.3, -0.25) is 0 Å². The Hall–Kier alpha value is -2.42. The third-order valence-electron chi connectivity index (χ3n) is 9.78. The Morgan fingerprint density at radius 3 is 2.29 bits per heavy atom. The van der Waals surface area contributed by atoms with Crippen LogP contribution in [0, 0.1) is 0 Å². The largest absolute Gasteiger partial charge is 0.444 e. The molecule has 1 N–H and O–H groups in total. The van der Waals surface area contributed by atoms with Gasteiger partial charge in [-0.25, -0.2) is 9.59 Å². The first-order valence-electron chi connectivity index (χ1n) is 18.2. The molecule has 0 aromatic carbocycles. The Morgan fingerprint density at radius 1 is 1.02 bits per heavy atom. The van der Waals surface area contributed by atoms with Crippen LogP contribution in [0.4, 0.5) is 9.59 Å². The van der Waals surface area contributed by atoms with Crippen molar-refractivity contribution in [1.29, 1.82) is 0 Å². The lowest BCUT2D eigenvalue weighted by Gasteiger charge is -2.43. The quantitative estimate of drug-likeness (QED) is 0.144. The van der Waals surface area contributed by atoms with Gasteiger partial charge in [0.05, 0.1) is 12.1 Å². The number of rotatable bonds is 19. The Labute approximate surface area is 287 Å². The summed E-state index contributed by atoms with van der Waals surface area (Å²) >= 11 is 0. The molecular formula is C34H59N5O8S. The second kappa shape index (κ2) is 16.5. The molecule has 48 heavy (non-hydrogen) atoms. The number of amides is 3. The normalized spacial score (nSPS) is 23.1. The van der Waals surface area contributed by atoms with E-state index < -0.39 is 39.7 Å². The molecule has 13 nitrogen and oxygen atoms in total. The average Bonchev–Trinajstić information content (AvgIpc) is 3.57. The van der Waals surface area contributed by atoms with Crippen LogP contribution in [-0.2, 0) is 23.7 Å². The third-order valence-corrected chi connectivity index (χ3v) is 10.5. The molecule has 2 atom stereocenters. The standard InChI is InChI=1S/C34H59N5O8S/c1-8-12-18-34(17-11-4,19-13-9-2)38(20-14-10-3)46-48(42,43)47-39-27-15-16-29(37(24-27)32(39)41)28-23-30(45-36-28)25-21-26(22-25)35-31(40)44-33(5,6)7/h23,25-27,29H,8-22,24H2,1-7H3,(H,35,40)/t25-,26+,27-,29-/m0/s1. The van der Waals surface area contributed by atoms with Gasteiger partial charge in [0, 0.05) is 36.7 Å². The van der Waals surface area contributed by atoms with E-state index in [-0.39, 0.29) is 18.0 Å². The minimum absolute atomic E-state index is 0.00723. The molecule has 3 aliphatic rings. The lowest BCUT2D eigenvalue weighted by molar-refractivity contribution is -0.172. The Bertz CT molecular complexity index is 1300. The molecule has 2 aliphatic heterocycles. The fraction of sp³-hybridized carbons (Fsp3) is 0.853. The van der Waals surface area contributed by atoms with Crippen LogP contribution in [0.2, 0.25) is 0 Å². The van der Waals surface area contributed by atoms with E-state index in [9.17, 15) is 18.0 Å². The summed E-state index contributed by atoms with van der Waals surface area (Å²) in [6, 6.07) is 0.560. The summed E-state index contributed by atoms with van der Waals surface area (Å²) in [5.74, 6) is 0.808. The first-order valence-corrected chi connectivity index (χ1v) is 19.6. The maximum Gasteiger partial charge on any atom is 0.437 e. The van der Waals surface area contributed by atoms with Gasteiger partial charge in [-0.05, 0) is 72.1 Å². The summed E-state index contributed by atoms with van der Waals surface area (Å²) in [6.07, 6.45) is 11.1. The Morgan fingerprint density at radius 2 is 1.69 bits per heavy atom. The molecule has 1 aliphatic carbocycles. The second-order valence-corrected chi connectivity index (χ2v) is 16.0. The summed E-state index contributed by atoms with van der Waals surface area (Å²) in [5, 5.41) is 9.84. The van der Waals surface area contributed by atoms with Gasteiger partial charge in [0.1, 0.15) is 17.1 Å². The van der Waals surface area contributed by atoms with Crippen LogP contribution in [0.1, 0.15) is 162 Å². The van der Waals surface area contributed by atoms with E-state index in [1.165, 1.54) is 0 Å². The van der Waals surface area contributed by atoms with Crippen LogP contribution in [0.25, 0.3) is 0 Å². The molecule has 2 bridgehead atoms. The number of nitrogens with one attached hydrogen (secondary N) is 1. The van der Waals surface area contributed by atoms with Crippen molar-refractivity contribution < 1.29 is 35.8 Å². The smallest absolute Gasteiger partial charge is 0.437 e. The van der Waals surface area contributed by atoms with Crippen LogP contribution in [0.5, 0.6) is 0 Å². The predicted octanol–water partition coefficient (Wildman–Crippen LogP) is 7.52. The van der Waals surface area contributed by atoms with E-state index in [0.29, 0.717) is 50.2 Å². The summed E-state index contributed by atoms with van der Waals surface area (Å²) in [6.45, 7) is 14.7. The number of fused-ring (bicyclic) bond motifs is 2. The highest BCUT2D eigenvalue weighted by Gasteiger charge is 2.50. The summed E-state index contributed by atoms with van der Waals surface area (Å²) in [5.41, 5.74) is -0.360. The number of carbonyl (C=O) groups excluding carboxylic acids is 2. The number of hydrogen-bond acceptors (Lipinski definition) is 10. The topological polar surface area (TPSA) is 144 Å². The lowest BCUT2D eigenvalue weighted by Crippen LogP contribution is -2.51.